The molecule has 0 spiro atoms. The van der Waals surface area contributed by atoms with Crippen LogP contribution in [0.1, 0.15) is 329 Å². The molecular weight excluding hydrogens is 779 g/mol. The molecule has 0 fully saturated rings. The summed E-state index contributed by atoms with van der Waals surface area (Å²) in [5.74, 6) is -0.449. The van der Waals surface area contributed by atoms with Crippen molar-refractivity contribution in [3.8, 4) is 0 Å². The third-order valence-electron chi connectivity index (χ3n) is 13.7. The molecule has 6 heteroatoms. The molecule has 0 aromatic rings. The van der Waals surface area contributed by atoms with Crippen molar-refractivity contribution in [3.05, 3.63) is 0 Å². The number of rotatable bonds is 53. The zero-order chi connectivity index (χ0) is 45.9. The summed E-state index contributed by atoms with van der Waals surface area (Å²) in [6.07, 6.45) is 57.5. The number of aliphatic hydroxyl groups excluding tert-OH is 2. The molecule has 0 heterocycles. The van der Waals surface area contributed by atoms with E-state index in [0.29, 0.717) is 19.3 Å². The second-order valence-electron chi connectivity index (χ2n) is 20.1. The summed E-state index contributed by atoms with van der Waals surface area (Å²) in [6, 6.07) is -0.692. The molecule has 0 aliphatic heterocycles. The first-order valence-electron chi connectivity index (χ1n) is 28.8. The molecule has 0 saturated carbocycles. The number of hydrogen-bond donors (Lipinski definition) is 3. The van der Waals surface area contributed by atoms with E-state index in [1.54, 1.807) is 0 Å². The van der Waals surface area contributed by atoms with Gasteiger partial charge in [-0.25, -0.2) is 0 Å². The van der Waals surface area contributed by atoms with E-state index in [4.69, 9.17) is 4.74 Å². The molecule has 1 amide bonds. The Hall–Kier alpha value is -1.14. The van der Waals surface area contributed by atoms with E-state index in [1.807, 2.05) is 0 Å². The topological polar surface area (TPSA) is 95.9 Å². The molecule has 0 bridgehead atoms. The fourth-order valence-corrected chi connectivity index (χ4v) is 9.32. The highest BCUT2D eigenvalue weighted by Gasteiger charge is 2.24. The molecule has 0 radical (unpaired) electrons. The molecule has 3 N–H and O–H groups in total. The van der Waals surface area contributed by atoms with E-state index in [2.05, 4.69) is 26.1 Å². The molecule has 3 atom stereocenters. The first kappa shape index (κ1) is 61.9. The maximum absolute atomic E-state index is 13.2. The van der Waals surface area contributed by atoms with Gasteiger partial charge in [-0.15, -0.1) is 0 Å². The Bertz CT molecular complexity index is 913. The fourth-order valence-electron chi connectivity index (χ4n) is 9.32. The van der Waals surface area contributed by atoms with Gasteiger partial charge in [0.1, 0.15) is 6.10 Å². The summed E-state index contributed by atoms with van der Waals surface area (Å²) in [5, 5.41) is 23.8. The van der Waals surface area contributed by atoms with Crippen LogP contribution in [0.2, 0.25) is 0 Å². The molecule has 0 aliphatic carbocycles. The molecule has 0 aromatic carbocycles. The Kier molecular flexibility index (Phi) is 50.9. The van der Waals surface area contributed by atoms with Gasteiger partial charge in [-0.1, -0.05) is 290 Å². The zero-order valence-corrected chi connectivity index (χ0v) is 43.0. The van der Waals surface area contributed by atoms with Gasteiger partial charge in [0.25, 0.3) is 0 Å². The standard InChI is InChI=1S/C57H113NO5/c1-4-7-10-13-16-19-21-23-25-27-28-29-31-33-35-38-41-44-47-50-57(62)63-53(48-45-42-39-36-18-15-12-9-6-3)51-56(61)58-54(52-59)55(60)49-46-43-40-37-34-32-30-26-24-22-20-17-14-11-8-5-2/h53-55,59-60H,4-52H2,1-3H3,(H,58,61). The Morgan fingerprint density at radius 1 is 0.397 bits per heavy atom. The second kappa shape index (κ2) is 51.8. The molecular formula is C57H113NO5. The van der Waals surface area contributed by atoms with Crippen LogP contribution in [0.3, 0.4) is 0 Å². The van der Waals surface area contributed by atoms with Gasteiger partial charge in [0.2, 0.25) is 5.91 Å². The van der Waals surface area contributed by atoms with Gasteiger partial charge >= 0.3 is 5.97 Å². The van der Waals surface area contributed by atoms with E-state index in [0.717, 1.165) is 38.5 Å². The van der Waals surface area contributed by atoms with Gasteiger partial charge < -0.3 is 20.3 Å². The molecule has 0 rings (SSSR count). The lowest BCUT2D eigenvalue weighted by molar-refractivity contribution is -0.151. The highest BCUT2D eigenvalue weighted by Crippen LogP contribution is 2.19. The van der Waals surface area contributed by atoms with E-state index < -0.39 is 18.2 Å². The van der Waals surface area contributed by atoms with Crippen molar-refractivity contribution < 1.29 is 24.5 Å². The number of esters is 1. The van der Waals surface area contributed by atoms with Gasteiger partial charge in [0, 0.05) is 6.42 Å². The quantitative estimate of drug-likeness (QED) is 0.0418. The largest absolute Gasteiger partial charge is 0.462 e. The van der Waals surface area contributed by atoms with E-state index in [-0.39, 0.29) is 24.9 Å². The summed E-state index contributed by atoms with van der Waals surface area (Å²) in [6.45, 7) is 6.52. The van der Waals surface area contributed by atoms with E-state index >= 15 is 0 Å². The minimum absolute atomic E-state index is 0.0875. The predicted octanol–water partition coefficient (Wildman–Crippen LogP) is 17.5. The molecule has 376 valence electrons. The number of hydrogen-bond acceptors (Lipinski definition) is 5. The van der Waals surface area contributed by atoms with Crippen LogP contribution in [0.4, 0.5) is 0 Å². The number of carbonyl (C=O) groups excluding carboxylic acids is 2. The Balaban J connectivity index is 4.31. The second-order valence-corrected chi connectivity index (χ2v) is 20.1. The van der Waals surface area contributed by atoms with Crippen molar-refractivity contribution in [2.45, 2.75) is 347 Å². The molecule has 0 aromatic heterocycles. The summed E-state index contributed by atoms with van der Waals surface area (Å²) >= 11 is 0. The van der Waals surface area contributed by atoms with Gasteiger partial charge in [0.15, 0.2) is 0 Å². The summed E-state index contributed by atoms with van der Waals surface area (Å²) < 4.78 is 5.94. The van der Waals surface area contributed by atoms with Crippen LogP contribution in [0, 0.1) is 0 Å². The highest BCUT2D eigenvalue weighted by atomic mass is 16.5. The van der Waals surface area contributed by atoms with Crippen LogP contribution in [0.5, 0.6) is 0 Å². The zero-order valence-electron chi connectivity index (χ0n) is 43.0. The van der Waals surface area contributed by atoms with E-state index in [1.165, 1.54) is 244 Å². The monoisotopic (exact) mass is 892 g/mol. The Labute approximate surface area is 394 Å². The SMILES string of the molecule is CCCCCCCCCCCCCCCCCCCCCC(=O)OC(CCCCCCCCCCC)CC(=O)NC(CO)C(O)CCCCCCCCCCCCCCCCCC. The van der Waals surface area contributed by atoms with Crippen LogP contribution < -0.4 is 5.32 Å². The third kappa shape index (κ3) is 47.2. The average Bonchev–Trinajstić information content (AvgIpc) is 3.28. The predicted molar refractivity (Wildman–Crippen MR) is 274 cm³/mol. The van der Waals surface area contributed by atoms with Crippen molar-refractivity contribution in [1.29, 1.82) is 0 Å². The summed E-state index contributed by atoms with van der Waals surface area (Å²) in [7, 11) is 0. The van der Waals surface area contributed by atoms with Gasteiger partial charge in [-0.05, 0) is 25.7 Å². The van der Waals surface area contributed by atoms with Crippen LogP contribution >= 0.6 is 0 Å². The first-order valence-corrected chi connectivity index (χ1v) is 28.8. The van der Waals surface area contributed by atoms with E-state index in [9.17, 15) is 19.8 Å². The third-order valence-corrected chi connectivity index (χ3v) is 13.7. The Morgan fingerprint density at radius 2 is 0.667 bits per heavy atom. The smallest absolute Gasteiger partial charge is 0.306 e. The maximum atomic E-state index is 13.2. The summed E-state index contributed by atoms with van der Waals surface area (Å²) in [4.78, 5) is 26.2. The molecule has 63 heavy (non-hydrogen) atoms. The number of ether oxygens (including phenoxy) is 1. The van der Waals surface area contributed by atoms with Gasteiger partial charge in [0.05, 0.1) is 25.2 Å². The molecule has 6 nitrogen and oxygen atoms in total. The molecule has 0 aliphatic rings. The maximum Gasteiger partial charge on any atom is 0.306 e. The minimum Gasteiger partial charge on any atom is -0.462 e. The number of carbonyl (C=O) groups is 2. The van der Waals surface area contributed by atoms with Crippen molar-refractivity contribution in [2.24, 2.45) is 0 Å². The lowest BCUT2D eigenvalue weighted by Crippen LogP contribution is -2.46. The average molecular weight is 893 g/mol. The lowest BCUT2D eigenvalue weighted by Gasteiger charge is -2.24. The van der Waals surface area contributed by atoms with Crippen LogP contribution in [-0.4, -0.2) is 46.9 Å². The van der Waals surface area contributed by atoms with Crippen LogP contribution in [0.25, 0.3) is 0 Å². The summed E-state index contributed by atoms with van der Waals surface area (Å²) in [5.41, 5.74) is 0. The fraction of sp³-hybridized carbons (Fsp3) is 0.965. The van der Waals surface area contributed by atoms with Gasteiger partial charge in [-0.3, -0.25) is 9.59 Å². The lowest BCUT2D eigenvalue weighted by atomic mass is 10.0. The number of unbranched alkanes of at least 4 members (excludes halogenated alkanes) is 41. The van der Waals surface area contributed by atoms with Crippen molar-refractivity contribution in [3.63, 3.8) is 0 Å². The minimum atomic E-state index is -0.779. The normalized spacial score (nSPS) is 13.0. The van der Waals surface area contributed by atoms with Crippen molar-refractivity contribution >= 4 is 11.9 Å². The number of nitrogens with one attached hydrogen (secondary N) is 1. The highest BCUT2D eigenvalue weighted by molar-refractivity contribution is 5.77. The van der Waals surface area contributed by atoms with Gasteiger partial charge in [-0.2, -0.15) is 0 Å². The Morgan fingerprint density at radius 3 is 0.968 bits per heavy atom. The van der Waals surface area contributed by atoms with Crippen molar-refractivity contribution in [2.75, 3.05) is 6.61 Å². The number of aliphatic hydroxyl groups is 2. The molecule has 0 saturated heterocycles. The number of amides is 1. The molecule has 3 unspecified atom stereocenters. The van der Waals surface area contributed by atoms with Crippen LogP contribution in [-0.2, 0) is 14.3 Å². The van der Waals surface area contributed by atoms with Crippen LogP contribution in [0.15, 0.2) is 0 Å². The van der Waals surface area contributed by atoms with Crippen molar-refractivity contribution in [1.82, 2.24) is 5.32 Å². The first-order chi connectivity index (χ1) is 31.0.